The second-order valence-electron chi connectivity index (χ2n) is 4.64. The van der Waals surface area contributed by atoms with Gasteiger partial charge in [-0.2, -0.15) is 0 Å². The molecule has 0 saturated heterocycles. The molecule has 0 bridgehead atoms. The number of ether oxygens (including phenoxy) is 1. The van der Waals surface area contributed by atoms with Crippen LogP contribution in [0.25, 0.3) is 0 Å². The molecule has 1 N–H and O–H groups in total. The van der Waals surface area contributed by atoms with Crippen LogP contribution in [0.3, 0.4) is 0 Å². The number of hydrogen-bond donors (Lipinski definition) is 1. The summed E-state index contributed by atoms with van der Waals surface area (Å²) in [7, 11) is 0. The molecule has 0 amide bonds. The zero-order valence-electron chi connectivity index (χ0n) is 11.1. The van der Waals surface area contributed by atoms with Crippen molar-refractivity contribution in [2.24, 2.45) is 0 Å². The quantitative estimate of drug-likeness (QED) is 0.361. The summed E-state index contributed by atoms with van der Waals surface area (Å²) in [6.07, 6.45) is 0.818. The van der Waals surface area contributed by atoms with E-state index in [0.717, 1.165) is 11.8 Å². The minimum absolute atomic E-state index is 0.273. The van der Waals surface area contributed by atoms with Gasteiger partial charge in [-0.3, -0.25) is 9.59 Å². The first-order valence-electron chi connectivity index (χ1n) is 6.04. The molecule has 0 aromatic heterocycles. The molecule has 104 valence electrons. The molecule has 1 aromatic rings. The summed E-state index contributed by atoms with van der Waals surface area (Å²) in [6.45, 7) is 5.09. The number of esters is 1. The fourth-order valence-electron chi connectivity index (χ4n) is 1.33. The molecule has 0 saturated carbocycles. The summed E-state index contributed by atoms with van der Waals surface area (Å²) < 4.78 is 4.45. The van der Waals surface area contributed by atoms with Crippen molar-refractivity contribution in [2.45, 2.75) is 24.7 Å². The molecule has 1 aromatic carbocycles. The monoisotopic (exact) mass is 327 g/mol. The smallest absolute Gasteiger partial charge is 0.322 e. The van der Waals surface area contributed by atoms with Crippen LogP contribution in [0.15, 0.2) is 24.3 Å². The predicted octanol–water partition coefficient (Wildman–Crippen LogP) is 2.31. The molecule has 0 spiro atoms. The van der Waals surface area contributed by atoms with Gasteiger partial charge in [0, 0.05) is 18.7 Å². The van der Waals surface area contributed by atoms with Crippen LogP contribution in [0.4, 0.5) is 0 Å². The minimum Gasteiger partial charge on any atom is -0.463 e. The van der Waals surface area contributed by atoms with Crippen LogP contribution in [0.2, 0.25) is 0 Å². The molecule has 5 heteroatoms. The summed E-state index contributed by atoms with van der Waals surface area (Å²) >= 11 is 3.24. The Morgan fingerprint density at radius 3 is 2.53 bits per heavy atom. The van der Waals surface area contributed by atoms with Gasteiger partial charge in [0.05, 0.1) is 0 Å². The lowest BCUT2D eigenvalue weighted by atomic mass is 10.1. The SMILES string of the molecule is CC(C)(Br)C(=O)OCCNCc1ccc(C=O)cc1. The Morgan fingerprint density at radius 2 is 2.00 bits per heavy atom. The van der Waals surface area contributed by atoms with Crippen LogP contribution in [0, 0.1) is 0 Å². The Bertz CT molecular complexity index is 423. The van der Waals surface area contributed by atoms with E-state index in [-0.39, 0.29) is 5.97 Å². The fraction of sp³-hybridized carbons (Fsp3) is 0.429. The van der Waals surface area contributed by atoms with Gasteiger partial charge in [-0.15, -0.1) is 0 Å². The Hall–Kier alpha value is -1.20. The van der Waals surface area contributed by atoms with Gasteiger partial charge >= 0.3 is 5.97 Å². The molecule has 1 rings (SSSR count). The van der Waals surface area contributed by atoms with Gasteiger partial charge in [0.1, 0.15) is 17.2 Å². The van der Waals surface area contributed by atoms with E-state index in [1.807, 2.05) is 12.1 Å². The number of alkyl halides is 1. The van der Waals surface area contributed by atoms with Gasteiger partial charge in [-0.05, 0) is 19.4 Å². The highest BCUT2D eigenvalue weighted by atomic mass is 79.9. The lowest BCUT2D eigenvalue weighted by Gasteiger charge is -2.14. The zero-order valence-corrected chi connectivity index (χ0v) is 12.7. The molecule has 0 aliphatic rings. The van der Waals surface area contributed by atoms with E-state index in [2.05, 4.69) is 21.2 Å². The number of benzene rings is 1. The second kappa shape index (κ2) is 7.40. The predicted molar refractivity (Wildman–Crippen MR) is 77.5 cm³/mol. The molecule has 19 heavy (non-hydrogen) atoms. The first kappa shape index (κ1) is 15.9. The van der Waals surface area contributed by atoms with Crippen LogP contribution in [0.1, 0.15) is 29.8 Å². The number of halogens is 1. The van der Waals surface area contributed by atoms with Crippen molar-refractivity contribution in [1.29, 1.82) is 0 Å². The molecule has 0 aliphatic heterocycles. The van der Waals surface area contributed by atoms with Gasteiger partial charge in [0.25, 0.3) is 0 Å². The van der Waals surface area contributed by atoms with Crippen molar-refractivity contribution < 1.29 is 14.3 Å². The number of carbonyl (C=O) groups excluding carboxylic acids is 2. The summed E-state index contributed by atoms with van der Waals surface area (Å²) in [6, 6.07) is 7.34. The van der Waals surface area contributed by atoms with Gasteiger partial charge in [0.2, 0.25) is 0 Å². The number of rotatable bonds is 7. The van der Waals surface area contributed by atoms with Crippen LogP contribution in [-0.2, 0) is 16.1 Å². The average molecular weight is 328 g/mol. The van der Waals surface area contributed by atoms with E-state index in [0.29, 0.717) is 25.3 Å². The summed E-state index contributed by atoms with van der Waals surface area (Å²) in [5.74, 6) is -0.273. The van der Waals surface area contributed by atoms with Crippen molar-refractivity contribution in [1.82, 2.24) is 5.32 Å². The highest BCUT2D eigenvalue weighted by molar-refractivity contribution is 9.10. The summed E-state index contributed by atoms with van der Waals surface area (Å²) in [4.78, 5) is 21.9. The lowest BCUT2D eigenvalue weighted by Crippen LogP contribution is -2.29. The highest BCUT2D eigenvalue weighted by Gasteiger charge is 2.24. The van der Waals surface area contributed by atoms with Gasteiger partial charge in [0.15, 0.2) is 0 Å². The van der Waals surface area contributed by atoms with Gasteiger partial charge < -0.3 is 10.1 Å². The van der Waals surface area contributed by atoms with Crippen molar-refractivity contribution in [3.8, 4) is 0 Å². The molecule has 0 unspecified atom stereocenters. The van der Waals surface area contributed by atoms with Crippen LogP contribution in [0.5, 0.6) is 0 Å². The van der Waals surface area contributed by atoms with Crippen LogP contribution < -0.4 is 5.32 Å². The highest BCUT2D eigenvalue weighted by Crippen LogP contribution is 2.17. The van der Waals surface area contributed by atoms with Crippen molar-refractivity contribution >= 4 is 28.2 Å². The van der Waals surface area contributed by atoms with E-state index in [1.54, 1.807) is 26.0 Å². The number of carbonyl (C=O) groups is 2. The molecule has 0 fully saturated rings. The normalized spacial score (nSPS) is 11.1. The van der Waals surface area contributed by atoms with Crippen molar-refractivity contribution in [3.63, 3.8) is 0 Å². The average Bonchev–Trinajstić information content (AvgIpc) is 2.37. The molecular weight excluding hydrogens is 310 g/mol. The maximum absolute atomic E-state index is 11.4. The molecule has 4 nitrogen and oxygen atoms in total. The molecule has 0 heterocycles. The topological polar surface area (TPSA) is 55.4 Å². The molecule has 0 aliphatic carbocycles. The first-order valence-corrected chi connectivity index (χ1v) is 6.84. The number of aldehydes is 1. The van der Waals surface area contributed by atoms with Crippen LogP contribution >= 0.6 is 15.9 Å². The van der Waals surface area contributed by atoms with Crippen molar-refractivity contribution in [2.75, 3.05) is 13.2 Å². The standard InChI is InChI=1S/C14H18BrNO3/c1-14(2,15)13(18)19-8-7-16-9-11-3-5-12(10-17)6-4-11/h3-6,10,16H,7-9H2,1-2H3. The lowest BCUT2D eigenvalue weighted by molar-refractivity contribution is -0.145. The van der Waals surface area contributed by atoms with Gasteiger partial charge in [-0.1, -0.05) is 40.2 Å². The van der Waals surface area contributed by atoms with Crippen molar-refractivity contribution in [3.05, 3.63) is 35.4 Å². The maximum atomic E-state index is 11.4. The van der Waals surface area contributed by atoms with E-state index in [4.69, 9.17) is 4.74 Å². The molecular formula is C14H18BrNO3. The first-order chi connectivity index (χ1) is 8.93. The second-order valence-corrected chi connectivity index (χ2v) is 6.63. The minimum atomic E-state index is -0.641. The Labute approximate surface area is 121 Å². The third-order valence-corrected chi connectivity index (χ3v) is 2.77. The maximum Gasteiger partial charge on any atom is 0.322 e. The van der Waals surface area contributed by atoms with Gasteiger partial charge in [-0.25, -0.2) is 0 Å². The largest absolute Gasteiger partial charge is 0.463 e. The zero-order chi connectivity index (χ0) is 14.3. The third-order valence-electron chi connectivity index (χ3n) is 2.44. The summed E-state index contributed by atoms with van der Waals surface area (Å²) in [5.41, 5.74) is 1.75. The number of nitrogens with one attached hydrogen (secondary N) is 1. The Morgan fingerprint density at radius 1 is 1.37 bits per heavy atom. The molecule has 0 radical (unpaired) electrons. The number of hydrogen-bond acceptors (Lipinski definition) is 4. The third kappa shape index (κ3) is 5.98. The van der Waals surface area contributed by atoms with Crippen LogP contribution in [-0.4, -0.2) is 29.7 Å². The Balaban J connectivity index is 2.20. The summed E-state index contributed by atoms with van der Waals surface area (Å²) in [5, 5.41) is 3.17. The van der Waals surface area contributed by atoms with E-state index < -0.39 is 4.32 Å². The fourth-order valence-corrected chi connectivity index (χ4v) is 1.45. The van der Waals surface area contributed by atoms with E-state index in [1.165, 1.54) is 0 Å². The Kier molecular flexibility index (Phi) is 6.18. The molecule has 0 atom stereocenters. The van der Waals surface area contributed by atoms with E-state index in [9.17, 15) is 9.59 Å². The van der Waals surface area contributed by atoms with E-state index >= 15 is 0 Å².